The number of benzene rings is 1. The summed E-state index contributed by atoms with van der Waals surface area (Å²) in [5.74, 6) is 1.49. The number of nitrogens with zero attached hydrogens (tertiary/aromatic N) is 2. The number of carbonyl (C=O) groups excluding carboxylic acids is 1. The fourth-order valence-electron chi connectivity index (χ4n) is 3.37. The maximum absolute atomic E-state index is 12.7. The second-order valence-electron chi connectivity index (χ2n) is 6.46. The van der Waals surface area contributed by atoms with E-state index in [9.17, 15) is 4.79 Å². The van der Waals surface area contributed by atoms with Crippen LogP contribution in [0.15, 0.2) is 24.3 Å². The molecule has 1 aromatic carbocycles. The molecule has 4 heteroatoms. The molecule has 1 saturated heterocycles. The highest BCUT2D eigenvalue weighted by atomic mass is 16.5. The molecular weight excluding hydrogens is 300 g/mol. The number of piperazine rings is 1. The number of hydrogen-bond donors (Lipinski definition) is 0. The second-order valence-corrected chi connectivity index (χ2v) is 6.46. The Morgan fingerprint density at radius 3 is 2.46 bits per heavy atom. The normalized spacial score (nSPS) is 16.1. The fraction of sp³-hybridized carbons (Fsp3) is 0.650. The summed E-state index contributed by atoms with van der Waals surface area (Å²) in [4.78, 5) is 17.1. The molecule has 0 spiro atoms. The first-order chi connectivity index (χ1) is 11.7. The summed E-state index contributed by atoms with van der Waals surface area (Å²) in [6.45, 7) is 10.4. The van der Waals surface area contributed by atoms with Crippen molar-refractivity contribution < 1.29 is 9.53 Å². The van der Waals surface area contributed by atoms with Gasteiger partial charge in [0.05, 0.1) is 12.3 Å². The van der Waals surface area contributed by atoms with E-state index in [1.807, 2.05) is 25.1 Å². The van der Waals surface area contributed by atoms with Crippen LogP contribution in [0.4, 0.5) is 5.69 Å². The molecule has 0 aromatic heterocycles. The average Bonchev–Trinajstić information content (AvgIpc) is 2.63. The van der Waals surface area contributed by atoms with Gasteiger partial charge in [-0.15, -0.1) is 0 Å². The number of anilines is 1. The lowest BCUT2D eigenvalue weighted by Gasteiger charge is -2.38. The van der Waals surface area contributed by atoms with Crippen molar-refractivity contribution in [1.82, 2.24) is 4.90 Å². The van der Waals surface area contributed by atoms with Crippen LogP contribution >= 0.6 is 0 Å². The first-order valence-corrected chi connectivity index (χ1v) is 9.46. The van der Waals surface area contributed by atoms with Gasteiger partial charge in [-0.2, -0.15) is 0 Å². The molecule has 0 N–H and O–H groups in total. The Labute approximate surface area is 146 Å². The van der Waals surface area contributed by atoms with Gasteiger partial charge in [0.25, 0.3) is 0 Å². The number of unbranched alkanes of at least 4 members (excludes halogenated alkanes) is 1. The van der Waals surface area contributed by atoms with E-state index in [-0.39, 0.29) is 5.92 Å². The summed E-state index contributed by atoms with van der Waals surface area (Å²) in [6.07, 6.45) is 4.28. The molecule has 0 aliphatic carbocycles. The van der Waals surface area contributed by atoms with Crippen LogP contribution in [-0.2, 0) is 4.79 Å². The Morgan fingerprint density at radius 2 is 1.83 bits per heavy atom. The molecule has 0 bridgehead atoms. The maximum atomic E-state index is 12.7. The predicted octanol–water partition coefficient (Wildman–Crippen LogP) is 3.95. The standard InChI is InChI=1S/C20H32N2O2/c1-4-7-10-17(5-2)20(23)22-15-13-21(14-16-22)18-11-8-9-12-19(18)24-6-3/h8-9,11-12,17H,4-7,10,13-16H2,1-3H3. The van der Waals surface area contributed by atoms with E-state index < -0.39 is 0 Å². The molecule has 1 aliphatic heterocycles. The minimum atomic E-state index is 0.201. The fourth-order valence-corrected chi connectivity index (χ4v) is 3.37. The van der Waals surface area contributed by atoms with Crippen molar-refractivity contribution in [2.24, 2.45) is 5.92 Å². The Bertz CT molecular complexity index is 510. The van der Waals surface area contributed by atoms with Crippen molar-refractivity contribution in [3.05, 3.63) is 24.3 Å². The molecule has 1 aliphatic rings. The Kier molecular flexibility index (Phi) is 7.41. The van der Waals surface area contributed by atoms with Crippen LogP contribution in [0.5, 0.6) is 5.75 Å². The van der Waals surface area contributed by atoms with Gasteiger partial charge in [0, 0.05) is 32.1 Å². The zero-order chi connectivity index (χ0) is 17.4. The second kappa shape index (κ2) is 9.55. The zero-order valence-corrected chi connectivity index (χ0v) is 15.5. The van der Waals surface area contributed by atoms with E-state index in [2.05, 4.69) is 29.7 Å². The zero-order valence-electron chi connectivity index (χ0n) is 15.5. The summed E-state index contributed by atoms with van der Waals surface area (Å²) in [7, 11) is 0. The number of para-hydroxylation sites is 2. The molecule has 134 valence electrons. The third-order valence-corrected chi connectivity index (χ3v) is 4.85. The van der Waals surface area contributed by atoms with E-state index in [0.717, 1.165) is 63.3 Å². The minimum absolute atomic E-state index is 0.201. The molecule has 1 fully saturated rings. The molecular formula is C20H32N2O2. The van der Waals surface area contributed by atoms with Gasteiger partial charge in [0.1, 0.15) is 5.75 Å². The van der Waals surface area contributed by atoms with E-state index in [0.29, 0.717) is 12.5 Å². The SMILES string of the molecule is CCCCC(CC)C(=O)N1CCN(c2ccccc2OCC)CC1. The number of hydrogen-bond acceptors (Lipinski definition) is 3. The van der Waals surface area contributed by atoms with Gasteiger partial charge in [-0.1, -0.05) is 38.8 Å². The van der Waals surface area contributed by atoms with Crippen molar-refractivity contribution in [2.45, 2.75) is 46.5 Å². The van der Waals surface area contributed by atoms with Gasteiger partial charge in [-0.3, -0.25) is 4.79 Å². The first-order valence-electron chi connectivity index (χ1n) is 9.46. The summed E-state index contributed by atoms with van der Waals surface area (Å²) in [5.41, 5.74) is 1.14. The van der Waals surface area contributed by atoms with Gasteiger partial charge in [-0.25, -0.2) is 0 Å². The number of carbonyl (C=O) groups is 1. The lowest BCUT2D eigenvalue weighted by atomic mass is 9.97. The smallest absolute Gasteiger partial charge is 0.225 e. The van der Waals surface area contributed by atoms with E-state index >= 15 is 0 Å². The molecule has 0 radical (unpaired) electrons. The van der Waals surface area contributed by atoms with Crippen LogP contribution in [0, 0.1) is 5.92 Å². The first kappa shape index (κ1) is 18.6. The number of rotatable bonds is 8. The molecule has 0 saturated carbocycles. The van der Waals surface area contributed by atoms with Gasteiger partial charge in [0.2, 0.25) is 5.91 Å². The highest BCUT2D eigenvalue weighted by Crippen LogP contribution is 2.29. The van der Waals surface area contributed by atoms with Crippen LogP contribution in [0.1, 0.15) is 46.5 Å². The maximum Gasteiger partial charge on any atom is 0.225 e. The molecule has 1 aromatic rings. The topological polar surface area (TPSA) is 32.8 Å². The predicted molar refractivity (Wildman–Crippen MR) is 99.7 cm³/mol. The van der Waals surface area contributed by atoms with Crippen LogP contribution < -0.4 is 9.64 Å². The van der Waals surface area contributed by atoms with Crippen LogP contribution in [0.25, 0.3) is 0 Å². The molecule has 1 unspecified atom stereocenters. The van der Waals surface area contributed by atoms with Gasteiger partial charge in [-0.05, 0) is 31.9 Å². The van der Waals surface area contributed by atoms with E-state index in [4.69, 9.17) is 4.74 Å². The number of ether oxygens (including phenoxy) is 1. The summed E-state index contributed by atoms with van der Waals surface area (Å²) >= 11 is 0. The van der Waals surface area contributed by atoms with Crippen molar-refractivity contribution in [3.8, 4) is 5.75 Å². The highest BCUT2D eigenvalue weighted by molar-refractivity contribution is 5.79. The summed E-state index contributed by atoms with van der Waals surface area (Å²) < 4.78 is 5.74. The quantitative estimate of drug-likeness (QED) is 0.722. The average molecular weight is 332 g/mol. The van der Waals surface area contributed by atoms with Crippen LogP contribution in [0.2, 0.25) is 0 Å². The summed E-state index contributed by atoms with van der Waals surface area (Å²) in [6, 6.07) is 8.19. The Hall–Kier alpha value is -1.71. The molecule has 2 rings (SSSR count). The van der Waals surface area contributed by atoms with E-state index in [1.54, 1.807) is 0 Å². The molecule has 1 atom stereocenters. The minimum Gasteiger partial charge on any atom is -0.492 e. The molecule has 4 nitrogen and oxygen atoms in total. The van der Waals surface area contributed by atoms with Gasteiger partial charge < -0.3 is 14.5 Å². The summed E-state index contributed by atoms with van der Waals surface area (Å²) in [5, 5.41) is 0. The third-order valence-electron chi connectivity index (χ3n) is 4.85. The van der Waals surface area contributed by atoms with Crippen molar-refractivity contribution in [3.63, 3.8) is 0 Å². The Balaban J connectivity index is 1.94. The largest absolute Gasteiger partial charge is 0.492 e. The van der Waals surface area contributed by atoms with Crippen molar-refractivity contribution in [2.75, 3.05) is 37.7 Å². The lowest BCUT2D eigenvalue weighted by Crippen LogP contribution is -2.50. The monoisotopic (exact) mass is 332 g/mol. The van der Waals surface area contributed by atoms with Crippen molar-refractivity contribution >= 4 is 11.6 Å². The third kappa shape index (κ3) is 4.65. The van der Waals surface area contributed by atoms with Gasteiger partial charge >= 0.3 is 0 Å². The van der Waals surface area contributed by atoms with Crippen LogP contribution in [-0.4, -0.2) is 43.6 Å². The number of amides is 1. The molecule has 1 heterocycles. The Morgan fingerprint density at radius 1 is 1.12 bits per heavy atom. The molecule has 1 amide bonds. The molecule has 24 heavy (non-hydrogen) atoms. The highest BCUT2D eigenvalue weighted by Gasteiger charge is 2.26. The van der Waals surface area contributed by atoms with Crippen molar-refractivity contribution in [1.29, 1.82) is 0 Å². The van der Waals surface area contributed by atoms with Crippen LogP contribution in [0.3, 0.4) is 0 Å². The van der Waals surface area contributed by atoms with E-state index in [1.165, 1.54) is 0 Å². The lowest BCUT2D eigenvalue weighted by molar-refractivity contribution is -0.136. The van der Waals surface area contributed by atoms with Gasteiger partial charge in [0.15, 0.2) is 0 Å².